The van der Waals surface area contributed by atoms with E-state index >= 15 is 0 Å². The third-order valence-electron chi connectivity index (χ3n) is 4.43. The molecule has 2 N–H and O–H groups in total. The van der Waals surface area contributed by atoms with Gasteiger partial charge in [0.05, 0.1) is 6.54 Å². The highest BCUT2D eigenvalue weighted by molar-refractivity contribution is 14.0. The van der Waals surface area contributed by atoms with Crippen LogP contribution in [0.25, 0.3) is 0 Å². The van der Waals surface area contributed by atoms with Crippen LogP contribution in [0.1, 0.15) is 52.4 Å². The van der Waals surface area contributed by atoms with Crippen LogP contribution in [-0.4, -0.2) is 56.3 Å². The van der Waals surface area contributed by atoms with Gasteiger partial charge in [0.25, 0.3) is 0 Å². The summed E-state index contributed by atoms with van der Waals surface area (Å²) in [6, 6.07) is 0.346. The second-order valence-electron chi connectivity index (χ2n) is 6.85. The van der Waals surface area contributed by atoms with Gasteiger partial charge in [0, 0.05) is 26.2 Å². The van der Waals surface area contributed by atoms with E-state index in [2.05, 4.69) is 29.5 Å². The Kier molecular flexibility index (Phi) is 12.9. The minimum atomic E-state index is -4.10. The summed E-state index contributed by atoms with van der Waals surface area (Å²) in [6.45, 7) is 5.22. The van der Waals surface area contributed by atoms with Gasteiger partial charge in [0.15, 0.2) is 5.96 Å². The van der Waals surface area contributed by atoms with Crippen LogP contribution in [0.3, 0.4) is 0 Å². The van der Waals surface area contributed by atoms with Crippen molar-refractivity contribution in [1.82, 2.24) is 15.5 Å². The predicted molar refractivity (Wildman–Crippen MR) is 109 cm³/mol. The van der Waals surface area contributed by atoms with Crippen molar-refractivity contribution in [3.8, 4) is 0 Å². The first kappa shape index (κ1) is 24.8. The van der Waals surface area contributed by atoms with E-state index in [4.69, 9.17) is 0 Å². The van der Waals surface area contributed by atoms with Gasteiger partial charge < -0.3 is 10.6 Å². The summed E-state index contributed by atoms with van der Waals surface area (Å²) in [7, 11) is 1.73. The van der Waals surface area contributed by atoms with Crippen molar-refractivity contribution < 1.29 is 13.2 Å². The molecule has 150 valence electrons. The number of nitrogens with zero attached hydrogens (tertiary/aromatic N) is 2. The summed E-state index contributed by atoms with van der Waals surface area (Å²) in [5.41, 5.74) is 0. The van der Waals surface area contributed by atoms with Crippen molar-refractivity contribution in [3.05, 3.63) is 0 Å². The van der Waals surface area contributed by atoms with E-state index in [-0.39, 0.29) is 29.9 Å². The lowest BCUT2D eigenvalue weighted by molar-refractivity contribution is -0.143. The number of unbranched alkanes of at least 4 members (excludes halogenated alkanes) is 3. The van der Waals surface area contributed by atoms with Crippen LogP contribution in [-0.2, 0) is 0 Å². The molecule has 1 heterocycles. The maximum atomic E-state index is 12.4. The Morgan fingerprint density at radius 1 is 1.28 bits per heavy atom. The highest BCUT2D eigenvalue weighted by Gasteiger charge is 2.34. The minimum Gasteiger partial charge on any atom is -0.356 e. The van der Waals surface area contributed by atoms with Crippen molar-refractivity contribution in [2.24, 2.45) is 10.9 Å². The molecule has 0 aromatic rings. The zero-order valence-corrected chi connectivity index (χ0v) is 18.0. The summed E-state index contributed by atoms with van der Waals surface area (Å²) >= 11 is 0. The highest BCUT2D eigenvalue weighted by Crippen LogP contribution is 2.22. The third kappa shape index (κ3) is 11.9. The Bertz CT molecular complexity index is 377. The smallest absolute Gasteiger partial charge is 0.356 e. The number of hydrogen-bond acceptors (Lipinski definition) is 2. The van der Waals surface area contributed by atoms with E-state index in [1.54, 1.807) is 7.05 Å². The third-order valence-corrected chi connectivity index (χ3v) is 4.43. The molecule has 0 bridgehead atoms. The van der Waals surface area contributed by atoms with E-state index in [9.17, 15) is 13.2 Å². The van der Waals surface area contributed by atoms with Gasteiger partial charge in [-0.3, -0.25) is 9.89 Å². The molecule has 1 aliphatic rings. The largest absolute Gasteiger partial charge is 0.401 e. The van der Waals surface area contributed by atoms with Crippen molar-refractivity contribution >= 4 is 29.9 Å². The molecule has 2 atom stereocenters. The number of likely N-dealkylation sites (tertiary alicyclic amines) is 1. The van der Waals surface area contributed by atoms with Gasteiger partial charge in [-0.2, -0.15) is 13.2 Å². The van der Waals surface area contributed by atoms with Crippen LogP contribution in [0, 0.1) is 5.92 Å². The monoisotopic (exact) mass is 478 g/mol. The van der Waals surface area contributed by atoms with Crippen molar-refractivity contribution in [1.29, 1.82) is 0 Å². The molecule has 0 spiro atoms. The normalized spacial score (nSPS) is 20.2. The summed E-state index contributed by atoms with van der Waals surface area (Å²) in [5.74, 6) is 0.984. The average Bonchev–Trinajstić information content (AvgIpc) is 2.93. The van der Waals surface area contributed by atoms with Crippen LogP contribution in [0.4, 0.5) is 13.2 Å². The number of halogens is 4. The van der Waals surface area contributed by atoms with E-state index in [0.29, 0.717) is 25.7 Å². The molecular weight excluding hydrogens is 444 g/mol. The van der Waals surface area contributed by atoms with E-state index in [1.807, 2.05) is 0 Å². The molecule has 4 nitrogen and oxygen atoms in total. The predicted octanol–water partition coefficient (Wildman–Crippen LogP) is 4.01. The molecule has 1 aliphatic heterocycles. The van der Waals surface area contributed by atoms with Gasteiger partial charge >= 0.3 is 6.18 Å². The van der Waals surface area contributed by atoms with Crippen LogP contribution in [0.2, 0.25) is 0 Å². The minimum absolute atomic E-state index is 0. The number of rotatable bonds is 9. The molecule has 2 unspecified atom stereocenters. The first-order valence-corrected chi connectivity index (χ1v) is 9.10. The van der Waals surface area contributed by atoms with Gasteiger partial charge in [0.1, 0.15) is 0 Å². The molecule has 1 fully saturated rings. The Hall–Kier alpha value is -0.250. The number of hydrogen-bond donors (Lipinski definition) is 2. The fourth-order valence-electron chi connectivity index (χ4n) is 3.10. The first-order chi connectivity index (χ1) is 11.3. The Morgan fingerprint density at radius 3 is 2.60 bits per heavy atom. The topological polar surface area (TPSA) is 39.7 Å². The van der Waals surface area contributed by atoms with Gasteiger partial charge in [0.2, 0.25) is 0 Å². The van der Waals surface area contributed by atoms with Gasteiger partial charge in [-0.15, -0.1) is 24.0 Å². The van der Waals surface area contributed by atoms with Crippen LogP contribution >= 0.6 is 24.0 Å². The maximum absolute atomic E-state index is 12.4. The molecule has 1 rings (SSSR count). The zero-order valence-electron chi connectivity index (χ0n) is 15.7. The molecule has 0 aromatic carbocycles. The highest BCUT2D eigenvalue weighted by atomic mass is 127. The maximum Gasteiger partial charge on any atom is 0.401 e. The SMILES string of the molecule is CCCCCCC(C)NC(=NC)NCC1CCN(CC(F)(F)F)C1.I. The lowest BCUT2D eigenvalue weighted by Crippen LogP contribution is -2.44. The Labute approximate surface area is 167 Å². The molecular formula is C17H34F3IN4. The van der Waals surface area contributed by atoms with E-state index in [1.165, 1.54) is 30.6 Å². The van der Waals surface area contributed by atoms with Crippen molar-refractivity contribution in [2.45, 2.75) is 64.6 Å². The van der Waals surface area contributed by atoms with Crippen LogP contribution < -0.4 is 10.6 Å². The molecule has 8 heteroatoms. The number of aliphatic imine (C=N–C) groups is 1. The first-order valence-electron chi connectivity index (χ1n) is 9.10. The lowest BCUT2D eigenvalue weighted by atomic mass is 10.1. The summed E-state index contributed by atoms with van der Waals surface area (Å²) < 4.78 is 37.2. The molecule has 25 heavy (non-hydrogen) atoms. The lowest BCUT2D eigenvalue weighted by Gasteiger charge is -2.20. The number of guanidine groups is 1. The van der Waals surface area contributed by atoms with Crippen LogP contribution in [0.5, 0.6) is 0 Å². The molecule has 0 radical (unpaired) electrons. The summed E-state index contributed by atoms with van der Waals surface area (Å²) in [5, 5.41) is 6.62. The zero-order chi connectivity index (χ0) is 18.0. The van der Waals surface area contributed by atoms with E-state index in [0.717, 1.165) is 18.8 Å². The second kappa shape index (κ2) is 13.0. The quantitative estimate of drug-likeness (QED) is 0.228. The second-order valence-corrected chi connectivity index (χ2v) is 6.85. The number of nitrogens with one attached hydrogen (secondary N) is 2. The van der Waals surface area contributed by atoms with Crippen LogP contribution in [0.15, 0.2) is 4.99 Å². The van der Waals surface area contributed by atoms with E-state index < -0.39 is 12.7 Å². The summed E-state index contributed by atoms with van der Waals surface area (Å²) in [6.07, 6.45) is 2.76. The Morgan fingerprint density at radius 2 is 2.00 bits per heavy atom. The van der Waals surface area contributed by atoms with Gasteiger partial charge in [-0.25, -0.2) is 0 Å². The van der Waals surface area contributed by atoms with Gasteiger partial charge in [-0.05, 0) is 32.2 Å². The molecule has 0 aliphatic carbocycles. The Balaban J connectivity index is 0.00000576. The number of alkyl halides is 3. The fraction of sp³-hybridized carbons (Fsp3) is 0.941. The summed E-state index contributed by atoms with van der Waals surface area (Å²) in [4.78, 5) is 5.70. The average molecular weight is 478 g/mol. The molecule has 0 saturated carbocycles. The fourth-order valence-corrected chi connectivity index (χ4v) is 3.10. The standard InChI is InChI=1S/C17H33F3N4.HI/c1-4-5-6-7-8-14(2)23-16(21-3)22-11-15-9-10-24(12-15)13-17(18,19)20;/h14-15H,4-13H2,1-3H3,(H2,21,22,23);1H. The van der Waals surface area contributed by atoms with Crippen molar-refractivity contribution in [3.63, 3.8) is 0 Å². The molecule has 0 amide bonds. The molecule has 1 saturated heterocycles. The van der Waals surface area contributed by atoms with Gasteiger partial charge in [-0.1, -0.05) is 32.6 Å². The molecule has 0 aromatic heterocycles. The van der Waals surface area contributed by atoms with Crippen molar-refractivity contribution in [2.75, 3.05) is 33.2 Å².